The van der Waals surface area contributed by atoms with E-state index >= 15 is 0 Å². The summed E-state index contributed by atoms with van der Waals surface area (Å²) in [5.41, 5.74) is 1.30. The van der Waals surface area contributed by atoms with Crippen LogP contribution in [0.15, 0.2) is 24.3 Å². The first kappa shape index (κ1) is 12.1. The van der Waals surface area contributed by atoms with Gasteiger partial charge in [-0.25, -0.2) is 0 Å². The third kappa shape index (κ3) is 4.34. The predicted molar refractivity (Wildman–Crippen MR) is 64.2 cm³/mol. The largest absolute Gasteiger partial charge is 0.494 e. The summed E-state index contributed by atoms with van der Waals surface area (Å²) in [5.74, 6) is 0.949. The zero-order chi connectivity index (χ0) is 11.1. The molecule has 0 radical (unpaired) electrons. The van der Waals surface area contributed by atoms with Gasteiger partial charge < -0.3 is 10.1 Å². The first-order chi connectivity index (χ1) is 7.26. The summed E-state index contributed by atoms with van der Waals surface area (Å²) in [5, 5.41) is 3.46. The van der Waals surface area contributed by atoms with Gasteiger partial charge in [0.1, 0.15) is 5.75 Å². The molecule has 0 spiro atoms. The van der Waals surface area contributed by atoms with E-state index in [1.807, 2.05) is 19.1 Å². The number of hydrogen-bond donors (Lipinski definition) is 1. The highest BCUT2D eigenvalue weighted by molar-refractivity contribution is 5.27. The maximum Gasteiger partial charge on any atom is 0.119 e. The van der Waals surface area contributed by atoms with Crippen molar-refractivity contribution >= 4 is 0 Å². The van der Waals surface area contributed by atoms with Crippen LogP contribution in [0.25, 0.3) is 0 Å². The number of nitrogens with one attached hydrogen (secondary N) is 1. The Bertz CT molecular complexity index is 268. The van der Waals surface area contributed by atoms with Crippen molar-refractivity contribution in [1.82, 2.24) is 5.32 Å². The highest BCUT2D eigenvalue weighted by atomic mass is 16.5. The number of rotatable bonds is 6. The molecule has 1 aromatic carbocycles. The van der Waals surface area contributed by atoms with E-state index in [1.165, 1.54) is 5.56 Å². The Morgan fingerprint density at radius 1 is 1.20 bits per heavy atom. The molecule has 0 saturated carbocycles. The molecule has 0 saturated heterocycles. The molecule has 0 heterocycles. The van der Waals surface area contributed by atoms with Crippen LogP contribution in [-0.4, -0.2) is 12.6 Å². The smallest absolute Gasteiger partial charge is 0.119 e. The quantitative estimate of drug-likeness (QED) is 0.774. The molecule has 1 atom stereocenters. The van der Waals surface area contributed by atoms with Crippen molar-refractivity contribution in [3.05, 3.63) is 29.8 Å². The van der Waals surface area contributed by atoms with Crippen LogP contribution in [0.3, 0.4) is 0 Å². The second-order valence-corrected chi connectivity index (χ2v) is 3.77. The van der Waals surface area contributed by atoms with Crippen molar-refractivity contribution in [1.29, 1.82) is 0 Å². The maximum absolute atomic E-state index is 5.39. The minimum Gasteiger partial charge on any atom is -0.494 e. The summed E-state index contributed by atoms with van der Waals surface area (Å²) < 4.78 is 5.39. The highest BCUT2D eigenvalue weighted by Crippen LogP contribution is 2.11. The molecule has 84 valence electrons. The van der Waals surface area contributed by atoms with Crippen LogP contribution < -0.4 is 10.1 Å². The van der Waals surface area contributed by atoms with E-state index in [2.05, 4.69) is 31.3 Å². The van der Waals surface area contributed by atoms with Crippen LogP contribution in [0.5, 0.6) is 5.75 Å². The highest BCUT2D eigenvalue weighted by Gasteiger charge is 1.98. The van der Waals surface area contributed by atoms with Gasteiger partial charge in [0.25, 0.3) is 0 Å². The van der Waals surface area contributed by atoms with Crippen LogP contribution in [0.2, 0.25) is 0 Å². The first-order valence-corrected chi connectivity index (χ1v) is 5.71. The van der Waals surface area contributed by atoms with Crippen molar-refractivity contribution in [3.8, 4) is 5.75 Å². The lowest BCUT2D eigenvalue weighted by Gasteiger charge is -2.11. The summed E-state index contributed by atoms with van der Waals surface area (Å²) in [6.45, 7) is 8.05. The molecular formula is C13H21NO. The second-order valence-electron chi connectivity index (χ2n) is 3.77. The van der Waals surface area contributed by atoms with Crippen LogP contribution in [0.4, 0.5) is 0 Å². The van der Waals surface area contributed by atoms with E-state index in [-0.39, 0.29) is 0 Å². The Hall–Kier alpha value is -1.02. The molecule has 0 aromatic heterocycles. The normalized spacial score (nSPS) is 12.5. The zero-order valence-corrected chi connectivity index (χ0v) is 9.92. The molecule has 0 aliphatic heterocycles. The van der Waals surface area contributed by atoms with Gasteiger partial charge in [-0.3, -0.25) is 0 Å². The molecule has 2 heteroatoms. The summed E-state index contributed by atoms with van der Waals surface area (Å²) in [4.78, 5) is 0. The molecule has 2 nitrogen and oxygen atoms in total. The predicted octanol–water partition coefficient (Wildman–Crippen LogP) is 2.97. The molecule has 0 amide bonds. The molecular weight excluding hydrogens is 186 g/mol. The second kappa shape index (κ2) is 6.46. The van der Waals surface area contributed by atoms with E-state index in [1.54, 1.807) is 0 Å². The van der Waals surface area contributed by atoms with Crippen molar-refractivity contribution in [3.63, 3.8) is 0 Å². The Morgan fingerprint density at radius 2 is 1.87 bits per heavy atom. The molecule has 0 aliphatic rings. The van der Waals surface area contributed by atoms with Crippen LogP contribution >= 0.6 is 0 Å². The summed E-state index contributed by atoms with van der Waals surface area (Å²) in [7, 11) is 0. The standard InChI is InChI=1S/C13H21NO/c1-4-11(3)14-10-12-6-8-13(9-7-12)15-5-2/h6-9,11,14H,4-5,10H2,1-3H3/t11-/m1/s1. The Balaban J connectivity index is 2.42. The van der Waals surface area contributed by atoms with Gasteiger partial charge in [0.15, 0.2) is 0 Å². The Labute approximate surface area is 92.6 Å². The van der Waals surface area contributed by atoms with E-state index < -0.39 is 0 Å². The van der Waals surface area contributed by atoms with Crippen molar-refractivity contribution in [2.75, 3.05) is 6.61 Å². The molecule has 1 aromatic rings. The molecule has 0 fully saturated rings. The fraction of sp³-hybridized carbons (Fsp3) is 0.538. The summed E-state index contributed by atoms with van der Waals surface area (Å²) in [6, 6.07) is 8.85. The molecule has 0 aliphatic carbocycles. The van der Waals surface area contributed by atoms with Gasteiger partial charge in [0.2, 0.25) is 0 Å². The van der Waals surface area contributed by atoms with Gasteiger partial charge in [0, 0.05) is 12.6 Å². The minimum absolute atomic E-state index is 0.580. The molecule has 0 unspecified atom stereocenters. The average molecular weight is 207 g/mol. The van der Waals surface area contributed by atoms with E-state index in [4.69, 9.17) is 4.74 Å². The fourth-order valence-corrected chi connectivity index (χ4v) is 1.31. The van der Waals surface area contributed by atoms with Crippen LogP contribution in [0.1, 0.15) is 32.8 Å². The lowest BCUT2D eigenvalue weighted by molar-refractivity contribution is 0.340. The van der Waals surface area contributed by atoms with Crippen molar-refractivity contribution < 1.29 is 4.74 Å². The third-order valence-corrected chi connectivity index (χ3v) is 2.50. The average Bonchev–Trinajstić information content (AvgIpc) is 2.28. The van der Waals surface area contributed by atoms with Crippen molar-refractivity contribution in [2.24, 2.45) is 0 Å². The lowest BCUT2D eigenvalue weighted by Crippen LogP contribution is -2.24. The fourth-order valence-electron chi connectivity index (χ4n) is 1.31. The van der Waals surface area contributed by atoms with Crippen LogP contribution in [0, 0.1) is 0 Å². The first-order valence-electron chi connectivity index (χ1n) is 5.71. The van der Waals surface area contributed by atoms with Crippen LogP contribution in [-0.2, 0) is 6.54 Å². The Kier molecular flexibility index (Phi) is 5.19. The monoisotopic (exact) mass is 207 g/mol. The zero-order valence-electron chi connectivity index (χ0n) is 9.92. The number of benzene rings is 1. The summed E-state index contributed by atoms with van der Waals surface area (Å²) >= 11 is 0. The van der Waals surface area contributed by atoms with Gasteiger partial charge in [0.05, 0.1) is 6.61 Å². The number of hydrogen-bond acceptors (Lipinski definition) is 2. The topological polar surface area (TPSA) is 21.3 Å². The van der Waals surface area contributed by atoms with E-state index in [0.29, 0.717) is 6.04 Å². The van der Waals surface area contributed by atoms with Gasteiger partial charge >= 0.3 is 0 Å². The maximum atomic E-state index is 5.39. The van der Waals surface area contributed by atoms with Gasteiger partial charge in [-0.15, -0.1) is 0 Å². The molecule has 1 N–H and O–H groups in total. The summed E-state index contributed by atoms with van der Waals surface area (Å²) in [6.07, 6.45) is 1.16. The van der Waals surface area contributed by atoms with E-state index in [9.17, 15) is 0 Å². The molecule has 0 bridgehead atoms. The lowest BCUT2D eigenvalue weighted by atomic mass is 10.2. The third-order valence-electron chi connectivity index (χ3n) is 2.50. The van der Waals surface area contributed by atoms with E-state index in [0.717, 1.165) is 25.3 Å². The van der Waals surface area contributed by atoms with Gasteiger partial charge in [-0.2, -0.15) is 0 Å². The van der Waals surface area contributed by atoms with Gasteiger partial charge in [-0.1, -0.05) is 19.1 Å². The Morgan fingerprint density at radius 3 is 2.40 bits per heavy atom. The van der Waals surface area contributed by atoms with Gasteiger partial charge in [-0.05, 0) is 38.0 Å². The van der Waals surface area contributed by atoms with Crippen molar-refractivity contribution in [2.45, 2.75) is 39.8 Å². The number of ether oxygens (including phenoxy) is 1. The SMILES string of the molecule is CCOc1ccc(CN[C@H](C)CC)cc1. The molecule has 1 rings (SSSR count). The molecule has 15 heavy (non-hydrogen) atoms. The minimum atomic E-state index is 0.580.